The summed E-state index contributed by atoms with van der Waals surface area (Å²) in [4.78, 5) is 14.9. The highest BCUT2D eigenvalue weighted by atomic mass is 32.1. The molecule has 1 aromatic heterocycles. The van der Waals surface area contributed by atoms with E-state index in [2.05, 4.69) is 10.3 Å². The van der Waals surface area contributed by atoms with Crippen LogP contribution in [0.4, 0.5) is 9.52 Å². The third-order valence-corrected chi connectivity index (χ3v) is 3.61. The van der Waals surface area contributed by atoms with Crippen molar-refractivity contribution in [2.24, 2.45) is 5.73 Å². The van der Waals surface area contributed by atoms with E-state index in [-0.39, 0.29) is 17.6 Å². The van der Waals surface area contributed by atoms with Gasteiger partial charge in [0.1, 0.15) is 11.9 Å². The van der Waals surface area contributed by atoms with E-state index in [9.17, 15) is 9.18 Å². The second-order valence-corrected chi connectivity index (χ2v) is 5.14. The molecule has 0 aliphatic heterocycles. The van der Waals surface area contributed by atoms with Crippen LogP contribution in [0.1, 0.15) is 30.3 Å². The third kappa shape index (κ3) is 3.12. The molecular weight excluding hydrogens is 281 g/mol. The van der Waals surface area contributed by atoms with Crippen LogP contribution in [0.3, 0.4) is 0 Å². The maximum Gasteiger partial charge on any atom is 0.326 e. The number of hydrogen-bond donors (Lipinski definition) is 3. The van der Waals surface area contributed by atoms with Gasteiger partial charge in [0.05, 0.1) is 11.7 Å². The van der Waals surface area contributed by atoms with Gasteiger partial charge in [0.25, 0.3) is 0 Å². The molecule has 0 radical (unpaired) electrons. The lowest BCUT2D eigenvalue weighted by atomic mass is 10.1. The minimum atomic E-state index is -1.15. The van der Waals surface area contributed by atoms with E-state index in [1.54, 1.807) is 30.5 Å². The topological polar surface area (TPSA) is 88.2 Å². The zero-order valence-electron chi connectivity index (χ0n) is 10.7. The van der Waals surface area contributed by atoms with Gasteiger partial charge in [0, 0.05) is 10.9 Å². The van der Waals surface area contributed by atoms with Gasteiger partial charge in [-0.1, -0.05) is 18.2 Å². The molecule has 106 valence electrons. The minimum absolute atomic E-state index is 0.281. The molecular formula is C13H14FN3O2S. The summed E-state index contributed by atoms with van der Waals surface area (Å²) in [6, 6.07) is 5.02. The molecule has 0 bridgehead atoms. The predicted octanol–water partition coefficient (Wildman–Crippen LogP) is 2.54. The summed E-state index contributed by atoms with van der Waals surface area (Å²) in [6.45, 7) is 1.80. The zero-order valence-corrected chi connectivity index (χ0v) is 11.5. The summed E-state index contributed by atoms with van der Waals surface area (Å²) in [5, 5.41) is 13.9. The predicted molar refractivity (Wildman–Crippen MR) is 75.1 cm³/mol. The van der Waals surface area contributed by atoms with Gasteiger partial charge in [-0.3, -0.25) is 4.79 Å². The van der Waals surface area contributed by atoms with Gasteiger partial charge in [0.15, 0.2) is 5.13 Å². The van der Waals surface area contributed by atoms with Crippen molar-refractivity contribution in [3.8, 4) is 0 Å². The summed E-state index contributed by atoms with van der Waals surface area (Å²) < 4.78 is 13.6. The molecule has 2 unspecified atom stereocenters. The monoisotopic (exact) mass is 295 g/mol. The first kappa shape index (κ1) is 14.4. The summed E-state index contributed by atoms with van der Waals surface area (Å²) in [7, 11) is 0. The quantitative estimate of drug-likeness (QED) is 0.789. The molecule has 5 nitrogen and oxygen atoms in total. The Kier molecular flexibility index (Phi) is 4.31. The van der Waals surface area contributed by atoms with Crippen molar-refractivity contribution in [3.05, 3.63) is 46.7 Å². The van der Waals surface area contributed by atoms with Crippen molar-refractivity contribution in [3.63, 3.8) is 0 Å². The molecule has 2 atom stereocenters. The first-order valence-corrected chi connectivity index (χ1v) is 6.81. The van der Waals surface area contributed by atoms with E-state index in [1.807, 2.05) is 0 Å². The van der Waals surface area contributed by atoms with Crippen LogP contribution in [0.2, 0.25) is 0 Å². The molecule has 0 spiro atoms. The molecule has 7 heteroatoms. The summed E-state index contributed by atoms with van der Waals surface area (Å²) in [5.74, 6) is -1.43. The summed E-state index contributed by atoms with van der Waals surface area (Å²) in [6.07, 6.45) is 0. The van der Waals surface area contributed by atoms with Crippen LogP contribution in [0.25, 0.3) is 0 Å². The van der Waals surface area contributed by atoms with Gasteiger partial charge >= 0.3 is 5.97 Å². The first-order chi connectivity index (χ1) is 9.49. The third-order valence-electron chi connectivity index (χ3n) is 2.82. The van der Waals surface area contributed by atoms with Gasteiger partial charge in [-0.15, -0.1) is 11.3 Å². The largest absolute Gasteiger partial charge is 0.480 e. The highest BCUT2D eigenvalue weighted by Gasteiger charge is 2.18. The van der Waals surface area contributed by atoms with Gasteiger partial charge < -0.3 is 16.2 Å². The Bertz CT molecular complexity index is 617. The lowest BCUT2D eigenvalue weighted by molar-refractivity contribution is -0.138. The molecule has 0 aliphatic rings. The molecule has 20 heavy (non-hydrogen) atoms. The number of nitrogens with one attached hydrogen (secondary N) is 1. The number of hydrogen-bond acceptors (Lipinski definition) is 5. The van der Waals surface area contributed by atoms with Crippen LogP contribution in [0.5, 0.6) is 0 Å². The van der Waals surface area contributed by atoms with Crippen LogP contribution in [0.15, 0.2) is 29.6 Å². The Balaban J connectivity index is 2.11. The van der Waals surface area contributed by atoms with Crippen molar-refractivity contribution in [1.29, 1.82) is 0 Å². The normalized spacial score (nSPS) is 13.8. The van der Waals surface area contributed by atoms with Crippen molar-refractivity contribution >= 4 is 22.4 Å². The number of rotatable bonds is 5. The van der Waals surface area contributed by atoms with E-state index in [4.69, 9.17) is 10.8 Å². The van der Waals surface area contributed by atoms with Gasteiger partial charge in [0.2, 0.25) is 0 Å². The van der Waals surface area contributed by atoms with E-state index in [1.165, 1.54) is 17.4 Å². The lowest BCUT2D eigenvalue weighted by Gasteiger charge is -2.13. The van der Waals surface area contributed by atoms with E-state index < -0.39 is 12.0 Å². The van der Waals surface area contributed by atoms with Crippen LogP contribution < -0.4 is 11.1 Å². The highest BCUT2D eigenvalue weighted by molar-refractivity contribution is 7.13. The van der Waals surface area contributed by atoms with Crippen LogP contribution >= 0.6 is 11.3 Å². The van der Waals surface area contributed by atoms with Crippen molar-refractivity contribution < 1.29 is 14.3 Å². The Labute approximate surface area is 119 Å². The zero-order chi connectivity index (χ0) is 14.7. The van der Waals surface area contributed by atoms with Gasteiger partial charge in [-0.2, -0.15) is 0 Å². The minimum Gasteiger partial charge on any atom is -0.480 e. The number of anilines is 1. The van der Waals surface area contributed by atoms with E-state index >= 15 is 0 Å². The number of carboxylic acid groups (broad SMARTS) is 1. The molecule has 1 heterocycles. The van der Waals surface area contributed by atoms with Crippen molar-refractivity contribution in [2.75, 3.05) is 5.32 Å². The number of aliphatic carboxylic acids is 1. The number of aromatic nitrogens is 1. The number of nitrogens with two attached hydrogens (primary N) is 1. The number of benzene rings is 1. The fourth-order valence-electron chi connectivity index (χ4n) is 1.71. The molecule has 2 rings (SSSR count). The number of carbonyl (C=O) groups is 1. The number of halogens is 1. The molecule has 4 N–H and O–H groups in total. The highest BCUT2D eigenvalue weighted by Crippen LogP contribution is 2.25. The Hall–Kier alpha value is -1.99. The molecule has 2 aromatic rings. The average molecular weight is 295 g/mol. The maximum absolute atomic E-state index is 13.6. The number of nitrogens with zero attached hydrogens (tertiary/aromatic N) is 1. The van der Waals surface area contributed by atoms with E-state index in [0.717, 1.165) is 0 Å². The second-order valence-electron chi connectivity index (χ2n) is 4.28. The van der Waals surface area contributed by atoms with Crippen LogP contribution in [0, 0.1) is 5.82 Å². The van der Waals surface area contributed by atoms with Crippen LogP contribution in [-0.2, 0) is 4.79 Å². The average Bonchev–Trinajstić information content (AvgIpc) is 2.86. The molecule has 0 aliphatic carbocycles. The first-order valence-electron chi connectivity index (χ1n) is 5.94. The van der Waals surface area contributed by atoms with Gasteiger partial charge in [-0.05, 0) is 13.0 Å². The fraction of sp³-hybridized carbons (Fsp3) is 0.231. The molecule has 0 fully saturated rings. The standard InChI is InChI=1S/C13H14FN3O2S/c1-7(8-4-2-3-5-9(8)14)16-13-17-10(6-20-13)11(15)12(18)19/h2-7,11H,15H2,1H3,(H,16,17)(H,18,19). The SMILES string of the molecule is CC(Nc1nc(C(N)C(=O)O)cs1)c1ccccc1F. The van der Waals surface area contributed by atoms with Crippen molar-refractivity contribution in [1.82, 2.24) is 4.98 Å². The Morgan fingerprint density at radius 1 is 1.50 bits per heavy atom. The molecule has 1 aromatic carbocycles. The van der Waals surface area contributed by atoms with Crippen molar-refractivity contribution in [2.45, 2.75) is 19.0 Å². The van der Waals surface area contributed by atoms with Crippen LogP contribution in [-0.4, -0.2) is 16.1 Å². The number of thiazole rings is 1. The van der Waals surface area contributed by atoms with E-state index in [0.29, 0.717) is 10.7 Å². The Morgan fingerprint density at radius 2 is 2.20 bits per heavy atom. The summed E-state index contributed by atoms with van der Waals surface area (Å²) >= 11 is 1.24. The summed E-state index contributed by atoms with van der Waals surface area (Å²) in [5.41, 5.74) is 6.28. The van der Waals surface area contributed by atoms with Gasteiger partial charge in [-0.25, -0.2) is 9.37 Å². The second kappa shape index (κ2) is 5.98. The maximum atomic E-state index is 13.6. The number of carboxylic acids is 1. The molecule has 0 saturated carbocycles. The smallest absolute Gasteiger partial charge is 0.326 e. The Morgan fingerprint density at radius 3 is 2.85 bits per heavy atom. The molecule has 0 saturated heterocycles. The lowest BCUT2D eigenvalue weighted by Crippen LogP contribution is -2.21. The molecule has 0 amide bonds. The fourth-order valence-corrected chi connectivity index (χ4v) is 2.55.